The van der Waals surface area contributed by atoms with Crippen molar-refractivity contribution in [1.29, 1.82) is 0 Å². The van der Waals surface area contributed by atoms with E-state index in [-0.39, 0.29) is 5.91 Å². The van der Waals surface area contributed by atoms with E-state index in [2.05, 4.69) is 14.7 Å². The molecular formula is C15H18N4O3S. The summed E-state index contributed by atoms with van der Waals surface area (Å²) in [4.78, 5) is 17.9. The molecular weight excluding hydrogens is 316 g/mol. The van der Waals surface area contributed by atoms with Gasteiger partial charge in [-0.15, -0.1) is 0 Å². The largest absolute Gasteiger partial charge is 0.486 e. The molecule has 0 saturated carbocycles. The van der Waals surface area contributed by atoms with Gasteiger partial charge in [-0.1, -0.05) is 0 Å². The van der Waals surface area contributed by atoms with Crippen molar-refractivity contribution in [3.8, 4) is 10.9 Å². The van der Waals surface area contributed by atoms with E-state index < -0.39 is 0 Å². The topological polar surface area (TPSA) is 76.6 Å². The van der Waals surface area contributed by atoms with Crippen LogP contribution in [0.15, 0.2) is 18.3 Å². The predicted octanol–water partition coefficient (Wildman–Crippen LogP) is 2.29. The summed E-state index contributed by atoms with van der Waals surface area (Å²) in [7, 11) is 3.19. The molecule has 1 N–H and O–H groups in total. The summed E-state index contributed by atoms with van der Waals surface area (Å²) < 4.78 is 14.7. The van der Waals surface area contributed by atoms with Gasteiger partial charge in [0.15, 0.2) is 0 Å². The highest BCUT2D eigenvalue weighted by atomic mass is 32.1. The average molecular weight is 334 g/mol. The van der Waals surface area contributed by atoms with Crippen LogP contribution < -0.4 is 19.7 Å². The van der Waals surface area contributed by atoms with E-state index in [1.165, 1.54) is 11.5 Å². The first kappa shape index (κ1) is 15.5. The van der Waals surface area contributed by atoms with Crippen molar-refractivity contribution in [3.05, 3.63) is 23.9 Å². The molecule has 1 aliphatic rings. The molecule has 2 aromatic heterocycles. The molecule has 1 amide bonds. The van der Waals surface area contributed by atoms with Gasteiger partial charge in [0.2, 0.25) is 16.9 Å². The molecule has 1 saturated heterocycles. The number of nitrogens with zero attached hydrogens (tertiary/aromatic N) is 3. The Balaban J connectivity index is 1.67. The molecule has 7 nitrogen and oxygen atoms in total. The Morgan fingerprint density at radius 3 is 2.83 bits per heavy atom. The van der Waals surface area contributed by atoms with Crippen LogP contribution in [0.5, 0.6) is 10.9 Å². The lowest BCUT2D eigenvalue weighted by Gasteiger charge is -2.15. The fourth-order valence-electron chi connectivity index (χ4n) is 2.50. The third-order valence-electron chi connectivity index (χ3n) is 3.67. The molecule has 0 bridgehead atoms. The molecule has 0 radical (unpaired) electrons. The third-order valence-corrected chi connectivity index (χ3v) is 4.51. The number of anilines is 2. The highest BCUT2D eigenvalue weighted by molar-refractivity contribution is 7.08. The van der Waals surface area contributed by atoms with Gasteiger partial charge in [-0.25, -0.2) is 4.98 Å². The highest BCUT2D eigenvalue weighted by Gasteiger charge is 2.21. The van der Waals surface area contributed by atoms with Crippen molar-refractivity contribution < 1.29 is 14.3 Å². The van der Waals surface area contributed by atoms with Gasteiger partial charge in [-0.05, 0) is 18.6 Å². The number of carbonyl (C=O) groups is 1. The van der Waals surface area contributed by atoms with Crippen LogP contribution in [0.1, 0.15) is 18.4 Å². The lowest BCUT2D eigenvalue weighted by molar-refractivity contribution is -0.117. The quantitative estimate of drug-likeness (QED) is 0.873. The maximum atomic E-state index is 11.7. The van der Waals surface area contributed by atoms with Crippen LogP contribution >= 0.6 is 11.5 Å². The summed E-state index contributed by atoms with van der Waals surface area (Å²) in [5.41, 5.74) is 1.70. The van der Waals surface area contributed by atoms with Gasteiger partial charge in [0.1, 0.15) is 5.82 Å². The van der Waals surface area contributed by atoms with Crippen LogP contribution in [0.3, 0.4) is 0 Å². The zero-order chi connectivity index (χ0) is 16.2. The number of nitrogens with one attached hydrogen (secondary N) is 1. The van der Waals surface area contributed by atoms with E-state index in [1.807, 2.05) is 12.1 Å². The van der Waals surface area contributed by atoms with Gasteiger partial charge in [0.25, 0.3) is 0 Å². The standard InChI is InChI=1S/C15H18N4O3S/c1-21-14-11(15(22-2)23-18-14)9-17-12-6-5-10(8-16-12)19-7-3-4-13(19)20/h5-6,8H,3-4,7,9H2,1-2H3,(H,16,17). The second kappa shape index (κ2) is 6.82. The van der Waals surface area contributed by atoms with Gasteiger partial charge >= 0.3 is 0 Å². The minimum absolute atomic E-state index is 0.159. The van der Waals surface area contributed by atoms with Crippen molar-refractivity contribution in [3.63, 3.8) is 0 Å². The normalized spacial score (nSPS) is 14.2. The molecule has 0 atom stereocenters. The number of methoxy groups -OCH3 is 2. The predicted molar refractivity (Wildman–Crippen MR) is 88.4 cm³/mol. The van der Waals surface area contributed by atoms with Gasteiger partial charge in [0, 0.05) is 24.5 Å². The molecule has 122 valence electrons. The first-order chi connectivity index (χ1) is 11.2. The number of hydrogen-bond acceptors (Lipinski definition) is 7. The van der Waals surface area contributed by atoms with Crippen LogP contribution in [0.2, 0.25) is 0 Å². The minimum Gasteiger partial charge on any atom is -0.486 e. The van der Waals surface area contributed by atoms with Crippen molar-refractivity contribution in [2.45, 2.75) is 19.4 Å². The van der Waals surface area contributed by atoms with Crippen molar-refractivity contribution in [1.82, 2.24) is 9.36 Å². The van der Waals surface area contributed by atoms with Crippen molar-refractivity contribution in [2.24, 2.45) is 0 Å². The number of pyridine rings is 1. The zero-order valence-corrected chi connectivity index (χ0v) is 13.9. The fraction of sp³-hybridized carbons (Fsp3) is 0.400. The Labute approximate surface area is 138 Å². The fourth-order valence-corrected chi connectivity index (χ4v) is 3.19. The smallest absolute Gasteiger partial charge is 0.233 e. The van der Waals surface area contributed by atoms with Crippen molar-refractivity contribution in [2.75, 3.05) is 31.0 Å². The van der Waals surface area contributed by atoms with Gasteiger partial charge in [-0.2, -0.15) is 4.37 Å². The highest BCUT2D eigenvalue weighted by Crippen LogP contribution is 2.32. The Hall–Kier alpha value is -2.35. The SMILES string of the molecule is COc1nsc(OC)c1CNc1ccc(N2CCCC2=O)cn1. The molecule has 8 heteroatoms. The number of amides is 1. The lowest BCUT2D eigenvalue weighted by Crippen LogP contribution is -2.23. The van der Waals surface area contributed by atoms with Crippen LogP contribution in [-0.4, -0.2) is 36.0 Å². The van der Waals surface area contributed by atoms with E-state index >= 15 is 0 Å². The van der Waals surface area contributed by atoms with Gasteiger partial charge < -0.3 is 19.7 Å². The Bertz CT molecular complexity index is 665. The molecule has 0 aromatic carbocycles. The Morgan fingerprint density at radius 2 is 2.22 bits per heavy atom. The summed E-state index contributed by atoms with van der Waals surface area (Å²) in [6, 6.07) is 3.76. The second-order valence-corrected chi connectivity index (χ2v) is 5.80. The maximum Gasteiger partial charge on any atom is 0.233 e. The van der Waals surface area contributed by atoms with Crippen LogP contribution in [0, 0.1) is 0 Å². The number of ether oxygens (including phenoxy) is 2. The number of carbonyl (C=O) groups excluding carboxylic acids is 1. The van der Waals surface area contributed by atoms with Crippen LogP contribution in [-0.2, 0) is 11.3 Å². The zero-order valence-electron chi connectivity index (χ0n) is 13.0. The van der Waals surface area contributed by atoms with Crippen molar-refractivity contribution >= 4 is 28.9 Å². The van der Waals surface area contributed by atoms with E-state index in [1.54, 1.807) is 25.3 Å². The Kier molecular flexibility index (Phi) is 4.61. The summed E-state index contributed by atoms with van der Waals surface area (Å²) in [5.74, 6) is 1.43. The van der Waals surface area contributed by atoms with Crippen LogP contribution in [0.25, 0.3) is 0 Å². The van der Waals surface area contributed by atoms with E-state index in [0.717, 1.165) is 30.0 Å². The molecule has 0 spiro atoms. The van der Waals surface area contributed by atoms with Gasteiger partial charge in [-0.3, -0.25) is 4.79 Å². The monoisotopic (exact) mass is 334 g/mol. The van der Waals surface area contributed by atoms with E-state index in [9.17, 15) is 4.79 Å². The first-order valence-corrected chi connectivity index (χ1v) is 8.07. The molecule has 0 unspecified atom stereocenters. The lowest BCUT2D eigenvalue weighted by atomic mass is 10.3. The summed E-state index contributed by atoms with van der Waals surface area (Å²) in [6.07, 6.45) is 3.24. The Morgan fingerprint density at radius 1 is 1.35 bits per heavy atom. The number of hydrogen-bond donors (Lipinski definition) is 1. The molecule has 1 aliphatic heterocycles. The number of aromatic nitrogens is 2. The molecule has 23 heavy (non-hydrogen) atoms. The molecule has 3 rings (SSSR count). The van der Waals surface area contributed by atoms with E-state index in [0.29, 0.717) is 23.9 Å². The van der Waals surface area contributed by atoms with E-state index in [4.69, 9.17) is 9.47 Å². The molecule has 3 heterocycles. The number of rotatable bonds is 6. The molecule has 0 aliphatic carbocycles. The van der Waals surface area contributed by atoms with Crippen LogP contribution in [0.4, 0.5) is 11.5 Å². The first-order valence-electron chi connectivity index (χ1n) is 7.29. The summed E-state index contributed by atoms with van der Waals surface area (Å²) in [5, 5.41) is 3.93. The third kappa shape index (κ3) is 3.21. The minimum atomic E-state index is 0.159. The van der Waals surface area contributed by atoms with Gasteiger partial charge in [0.05, 0.1) is 38.2 Å². The molecule has 1 fully saturated rings. The molecule has 2 aromatic rings. The second-order valence-electron chi connectivity index (χ2n) is 5.07. The maximum absolute atomic E-state index is 11.7. The summed E-state index contributed by atoms with van der Waals surface area (Å²) in [6.45, 7) is 1.26. The summed E-state index contributed by atoms with van der Waals surface area (Å²) >= 11 is 1.25. The average Bonchev–Trinajstić information content (AvgIpc) is 3.18.